The van der Waals surface area contributed by atoms with Crippen molar-refractivity contribution in [1.29, 1.82) is 0 Å². The number of aliphatic carboxylic acids is 1. The van der Waals surface area contributed by atoms with Gasteiger partial charge in [0, 0.05) is 8.22 Å². The molecule has 2 heteroatoms. The molecule has 3 aliphatic carbocycles. The average molecular weight is 160 g/mol. The summed E-state index contributed by atoms with van der Waals surface area (Å²) in [5, 5.41) is 9.09. The number of hydrogen-bond donors (Lipinski definition) is 1. The maximum absolute atomic E-state index is 11.2. The van der Waals surface area contributed by atoms with Crippen LogP contribution in [0.5, 0.6) is 0 Å². The Kier molecular flexibility index (Phi) is 0.504. The summed E-state index contributed by atoms with van der Waals surface area (Å²) >= 11 is 0. The van der Waals surface area contributed by atoms with Gasteiger partial charge in [0.05, 0.1) is 8.66 Å². The summed E-state index contributed by atoms with van der Waals surface area (Å²) < 4.78 is 62.3. The molecule has 3 atom stereocenters. The van der Waals surface area contributed by atoms with Gasteiger partial charge in [-0.3, -0.25) is 4.79 Å². The molecule has 0 saturated heterocycles. The number of allylic oxidation sites excluding steroid dienone is 2. The molecule has 2 nitrogen and oxygen atoms in total. The normalized spacial score (nSPS) is 75.8. The highest BCUT2D eigenvalue weighted by molar-refractivity contribution is 5.71. The van der Waals surface area contributed by atoms with Gasteiger partial charge in [-0.25, -0.2) is 0 Å². The smallest absolute Gasteiger partial charge is 0.307 e. The van der Waals surface area contributed by atoms with Crippen LogP contribution in [-0.4, -0.2) is 11.1 Å². The maximum Gasteiger partial charge on any atom is 0.307 e. The molecule has 0 radical (unpaired) electrons. The van der Waals surface area contributed by atoms with E-state index in [1.165, 1.54) is 0 Å². The van der Waals surface area contributed by atoms with Crippen LogP contribution in [0, 0.1) is 17.7 Å². The highest BCUT2D eigenvalue weighted by Crippen LogP contribution is 2.40. The minimum atomic E-state index is -3.04. The summed E-state index contributed by atoms with van der Waals surface area (Å²) in [6.45, 7) is 0. The zero-order valence-electron chi connectivity index (χ0n) is 13.6. The van der Waals surface area contributed by atoms with Gasteiger partial charge in [0.1, 0.15) is 0 Å². The Morgan fingerprint density at radius 3 is 3.27 bits per heavy atom. The Morgan fingerprint density at radius 2 is 2.55 bits per heavy atom. The van der Waals surface area contributed by atoms with Gasteiger partial charge < -0.3 is 5.11 Å². The molecule has 0 heterocycles. The van der Waals surface area contributed by atoms with Crippen LogP contribution in [0.4, 0.5) is 0 Å². The summed E-state index contributed by atoms with van der Waals surface area (Å²) in [6.07, 6.45) is -6.63. The number of rotatable bonds is 1. The molecule has 1 N–H and O–H groups in total. The standard InChI is InChI=1S/C9H12O2/c10-9(11)8-5-6-1-3-7(8)4-2-6/h1,3,6-8H,2,4-5H2,(H,10,11)/i1D,2D2,3D,4D2,6D,7D. The van der Waals surface area contributed by atoms with Crippen LogP contribution in [0.3, 0.4) is 0 Å². The Balaban J connectivity index is 2.85. The number of hydrogen-bond acceptors (Lipinski definition) is 1. The lowest BCUT2D eigenvalue weighted by atomic mass is 9.69. The molecule has 3 aliphatic rings. The van der Waals surface area contributed by atoms with Crippen molar-refractivity contribution in [2.45, 2.75) is 19.2 Å². The van der Waals surface area contributed by atoms with Crippen LogP contribution in [0.15, 0.2) is 12.1 Å². The Bertz CT molecular complexity index is 500. The van der Waals surface area contributed by atoms with Gasteiger partial charge in [-0.1, -0.05) is 12.1 Å². The molecule has 60 valence electrons. The third-order valence-electron chi connectivity index (χ3n) is 1.75. The molecule has 0 aliphatic heterocycles. The second-order valence-electron chi connectivity index (χ2n) is 2.49. The predicted octanol–water partition coefficient (Wildman–Crippen LogP) is 1.67. The van der Waals surface area contributed by atoms with E-state index in [-0.39, 0.29) is 0 Å². The van der Waals surface area contributed by atoms with Gasteiger partial charge in [-0.2, -0.15) is 0 Å². The highest BCUT2D eigenvalue weighted by Gasteiger charge is 2.35. The number of fused-ring (bicyclic) bond motifs is 2. The molecule has 0 spiro atoms. The van der Waals surface area contributed by atoms with Crippen LogP contribution in [0.1, 0.15) is 30.1 Å². The van der Waals surface area contributed by atoms with Gasteiger partial charge in [0.15, 0.2) is 0 Å². The minimum Gasteiger partial charge on any atom is -0.481 e. The first-order valence-electron chi connectivity index (χ1n) is 7.27. The van der Waals surface area contributed by atoms with Gasteiger partial charge in [-0.05, 0) is 31.0 Å². The van der Waals surface area contributed by atoms with Gasteiger partial charge in [0.2, 0.25) is 0 Å². The lowest BCUT2D eigenvalue weighted by Crippen LogP contribution is -2.32. The van der Waals surface area contributed by atoms with Gasteiger partial charge >= 0.3 is 5.97 Å². The van der Waals surface area contributed by atoms with Crippen LogP contribution < -0.4 is 0 Å². The first-order chi connectivity index (χ1) is 8.35. The van der Waals surface area contributed by atoms with Crippen molar-refractivity contribution in [3.05, 3.63) is 12.1 Å². The summed E-state index contributed by atoms with van der Waals surface area (Å²) in [5.74, 6) is -8.42. The fraction of sp³-hybridized carbons (Fsp3) is 0.667. The summed E-state index contributed by atoms with van der Waals surface area (Å²) in [7, 11) is 0. The van der Waals surface area contributed by atoms with Gasteiger partial charge in [-0.15, -0.1) is 0 Å². The lowest BCUT2D eigenvalue weighted by molar-refractivity contribution is -0.144. The van der Waals surface area contributed by atoms with E-state index >= 15 is 0 Å². The summed E-state index contributed by atoms with van der Waals surface area (Å²) in [5.41, 5.74) is 0. The van der Waals surface area contributed by atoms with Crippen LogP contribution in [0.2, 0.25) is 0 Å². The molecule has 2 bridgehead atoms. The lowest BCUT2D eigenvalue weighted by Gasteiger charge is -2.35. The monoisotopic (exact) mass is 160 g/mol. The summed E-state index contributed by atoms with van der Waals surface area (Å²) in [6, 6.07) is -1.72. The molecule has 0 aromatic carbocycles. The number of carboxylic acid groups (broad SMARTS) is 1. The van der Waals surface area contributed by atoms with Crippen molar-refractivity contribution in [3.8, 4) is 0 Å². The number of carbonyl (C=O) groups is 1. The second-order valence-corrected chi connectivity index (χ2v) is 2.49. The first-order valence-corrected chi connectivity index (χ1v) is 3.27. The van der Waals surface area contributed by atoms with E-state index in [0.717, 1.165) is 0 Å². The summed E-state index contributed by atoms with van der Waals surface area (Å²) in [4.78, 5) is 11.2. The van der Waals surface area contributed by atoms with E-state index in [2.05, 4.69) is 0 Å². The van der Waals surface area contributed by atoms with E-state index in [4.69, 9.17) is 16.1 Å². The van der Waals surface area contributed by atoms with Crippen molar-refractivity contribution in [2.75, 3.05) is 0 Å². The highest BCUT2D eigenvalue weighted by atomic mass is 16.4. The zero-order chi connectivity index (χ0) is 15.0. The molecular formula is C9H12O2. The molecule has 0 aromatic rings. The van der Waals surface area contributed by atoms with Crippen molar-refractivity contribution in [2.24, 2.45) is 17.7 Å². The molecule has 0 amide bonds. The van der Waals surface area contributed by atoms with E-state index in [1.54, 1.807) is 0 Å². The molecule has 1 saturated carbocycles. The van der Waals surface area contributed by atoms with Gasteiger partial charge in [0.25, 0.3) is 0 Å². The minimum absolute atomic E-state index is 0.681. The Hall–Kier alpha value is -0.790. The van der Waals surface area contributed by atoms with E-state index in [0.29, 0.717) is 0 Å². The quantitative estimate of drug-likeness (QED) is 0.592. The maximum atomic E-state index is 11.2. The third-order valence-corrected chi connectivity index (χ3v) is 1.75. The molecule has 3 unspecified atom stereocenters. The van der Waals surface area contributed by atoms with E-state index in [9.17, 15) is 4.79 Å². The average Bonchev–Trinajstić information content (AvgIpc) is 2.28. The Labute approximate surface area is 77.2 Å². The van der Waals surface area contributed by atoms with Crippen molar-refractivity contribution in [3.63, 3.8) is 0 Å². The molecule has 1 fully saturated rings. The molecule has 11 heavy (non-hydrogen) atoms. The second kappa shape index (κ2) is 2.36. The zero-order valence-corrected chi connectivity index (χ0v) is 5.64. The molecule has 0 aromatic heterocycles. The Morgan fingerprint density at radius 1 is 1.73 bits per heavy atom. The van der Waals surface area contributed by atoms with E-state index < -0.39 is 54.9 Å². The topological polar surface area (TPSA) is 37.3 Å². The van der Waals surface area contributed by atoms with Crippen LogP contribution in [-0.2, 0) is 4.79 Å². The predicted molar refractivity (Wildman–Crippen MR) is 41.1 cm³/mol. The van der Waals surface area contributed by atoms with Crippen molar-refractivity contribution in [1.82, 2.24) is 0 Å². The van der Waals surface area contributed by atoms with E-state index in [1.807, 2.05) is 0 Å². The fourth-order valence-electron chi connectivity index (χ4n) is 1.14. The van der Waals surface area contributed by atoms with Crippen LogP contribution >= 0.6 is 0 Å². The largest absolute Gasteiger partial charge is 0.481 e. The SMILES string of the molecule is [2H]C1=C([2H])C2([2H])C(C(=O)O)CC1([2H])C([2H])([2H])C2([2H])[2H]. The third kappa shape index (κ3) is 1.06. The number of carboxylic acids is 1. The first kappa shape index (κ1) is 2.35. The van der Waals surface area contributed by atoms with Crippen molar-refractivity contribution >= 4 is 5.97 Å². The van der Waals surface area contributed by atoms with Crippen molar-refractivity contribution < 1.29 is 20.9 Å². The van der Waals surface area contributed by atoms with Crippen LogP contribution in [0.25, 0.3) is 0 Å². The molecular weight excluding hydrogens is 140 g/mol. The molecule has 3 rings (SSSR count). The fourth-order valence-corrected chi connectivity index (χ4v) is 1.14.